The van der Waals surface area contributed by atoms with Crippen molar-refractivity contribution in [3.8, 4) is 0 Å². The molecule has 0 saturated carbocycles. The zero-order valence-electron chi connectivity index (χ0n) is 14.4. The van der Waals surface area contributed by atoms with Crippen molar-refractivity contribution in [3.05, 3.63) is 35.9 Å². The Morgan fingerprint density at radius 1 is 1.24 bits per heavy atom. The van der Waals surface area contributed by atoms with Gasteiger partial charge in [0.15, 0.2) is 0 Å². The van der Waals surface area contributed by atoms with E-state index in [1.165, 1.54) is 24.9 Å². The molecule has 2 heteroatoms. The molecule has 1 aromatic rings. The lowest BCUT2D eigenvalue weighted by Crippen LogP contribution is -2.61. The molecule has 21 heavy (non-hydrogen) atoms. The molecule has 1 aliphatic rings. The van der Waals surface area contributed by atoms with Crippen molar-refractivity contribution in [1.82, 2.24) is 10.2 Å². The Bertz CT molecular complexity index is 435. The van der Waals surface area contributed by atoms with Gasteiger partial charge in [-0.15, -0.1) is 0 Å². The molecule has 0 radical (unpaired) electrons. The van der Waals surface area contributed by atoms with Gasteiger partial charge in [0.1, 0.15) is 0 Å². The third-order valence-electron chi connectivity index (χ3n) is 4.89. The summed E-state index contributed by atoms with van der Waals surface area (Å²) in [5.41, 5.74) is 1.93. The average Bonchev–Trinajstić information content (AvgIpc) is 2.46. The molecular formula is C19H32N2. The monoisotopic (exact) mass is 288 g/mol. The first kappa shape index (κ1) is 16.5. The van der Waals surface area contributed by atoms with Gasteiger partial charge in [-0.3, -0.25) is 4.90 Å². The highest BCUT2D eigenvalue weighted by Crippen LogP contribution is 2.32. The van der Waals surface area contributed by atoms with Gasteiger partial charge in [-0.05, 0) is 37.3 Å². The van der Waals surface area contributed by atoms with Crippen LogP contribution in [0.3, 0.4) is 0 Å². The molecule has 0 aliphatic carbocycles. The molecule has 2 atom stereocenters. The van der Waals surface area contributed by atoms with Gasteiger partial charge >= 0.3 is 0 Å². The lowest BCUT2D eigenvalue weighted by atomic mass is 9.84. The predicted octanol–water partition coefficient (Wildman–Crippen LogP) is 4.02. The van der Waals surface area contributed by atoms with Crippen LogP contribution in [0.25, 0.3) is 0 Å². The van der Waals surface area contributed by atoms with Gasteiger partial charge in [-0.2, -0.15) is 0 Å². The summed E-state index contributed by atoms with van der Waals surface area (Å²) in [5.74, 6) is 0. The summed E-state index contributed by atoms with van der Waals surface area (Å²) < 4.78 is 0. The lowest BCUT2D eigenvalue weighted by Gasteiger charge is -2.49. The fraction of sp³-hybridized carbons (Fsp3) is 0.684. The Labute approximate surface area is 130 Å². The van der Waals surface area contributed by atoms with Crippen molar-refractivity contribution in [2.45, 2.75) is 59.0 Å². The van der Waals surface area contributed by atoms with Gasteiger partial charge in [0.05, 0.1) is 5.54 Å². The fourth-order valence-electron chi connectivity index (χ4n) is 3.15. The second-order valence-corrected chi connectivity index (χ2v) is 7.88. The second-order valence-electron chi connectivity index (χ2n) is 7.88. The summed E-state index contributed by atoms with van der Waals surface area (Å²) in [6.07, 6.45) is 2.45. The maximum absolute atomic E-state index is 3.74. The molecule has 0 amide bonds. The summed E-state index contributed by atoms with van der Waals surface area (Å²) in [7, 11) is 0. The zero-order valence-corrected chi connectivity index (χ0v) is 14.4. The standard InChI is InChI=1S/C19H32N2/c1-6-17-14-21(13-12-18(2,3)4)19(5,15-20-17)16-10-8-7-9-11-16/h7-11,17,20H,6,12-15H2,1-5H3. The van der Waals surface area contributed by atoms with Crippen molar-refractivity contribution in [2.24, 2.45) is 5.41 Å². The quantitative estimate of drug-likeness (QED) is 0.900. The normalized spacial score (nSPS) is 27.8. The Morgan fingerprint density at radius 3 is 2.48 bits per heavy atom. The van der Waals surface area contributed by atoms with Crippen LogP contribution in [-0.4, -0.2) is 30.6 Å². The maximum Gasteiger partial charge on any atom is 0.0558 e. The van der Waals surface area contributed by atoms with E-state index < -0.39 is 0 Å². The molecule has 1 aromatic carbocycles. The minimum absolute atomic E-state index is 0.109. The summed E-state index contributed by atoms with van der Waals surface area (Å²) in [5, 5.41) is 3.74. The Hall–Kier alpha value is -0.860. The Morgan fingerprint density at radius 2 is 1.90 bits per heavy atom. The van der Waals surface area contributed by atoms with E-state index in [1.54, 1.807) is 0 Å². The van der Waals surface area contributed by atoms with Crippen molar-refractivity contribution in [2.75, 3.05) is 19.6 Å². The van der Waals surface area contributed by atoms with Crippen LogP contribution < -0.4 is 5.32 Å². The average molecular weight is 288 g/mol. The number of piperazine rings is 1. The van der Waals surface area contributed by atoms with E-state index in [1.807, 2.05) is 0 Å². The van der Waals surface area contributed by atoms with Crippen LogP contribution in [0.1, 0.15) is 53.0 Å². The number of hydrogen-bond acceptors (Lipinski definition) is 2. The van der Waals surface area contributed by atoms with E-state index in [4.69, 9.17) is 0 Å². The van der Waals surface area contributed by atoms with Gasteiger partial charge < -0.3 is 5.32 Å². The lowest BCUT2D eigenvalue weighted by molar-refractivity contribution is 0.0393. The molecule has 1 N–H and O–H groups in total. The summed E-state index contributed by atoms with van der Waals surface area (Å²) in [4.78, 5) is 2.71. The molecule has 118 valence electrons. The smallest absolute Gasteiger partial charge is 0.0558 e. The molecule has 2 unspecified atom stereocenters. The van der Waals surface area contributed by atoms with Crippen molar-refractivity contribution in [3.63, 3.8) is 0 Å². The minimum Gasteiger partial charge on any atom is -0.311 e. The molecule has 2 rings (SSSR count). The van der Waals surface area contributed by atoms with Gasteiger partial charge in [-0.25, -0.2) is 0 Å². The topological polar surface area (TPSA) is 15.3 Å². The highest BCUT2D eigenvalue weighted by atomic mass is 15.3. The molecule has 1 fully saturated rings. The van der Waals surface area contributed by atoms with E-state index in [2.05, 4.69) is 75.2 Å². The Kier molecular flexibility index (Phi) is 5.11. The van der Waals surface area contributed by atoms with Crippen molar-refractivity contribution < 1.29 is 0 Å². The highest BCUT2D eigenvalue weighted by molar-refractivity contribution is 5.25. The molecule has 0 bridgehead atoms. The molecule has 1 heterocycles. The van der Waals surface area contributed by atoms with Gasteiger partial charge in [0.25, 0.3) is 0 Å². The van der Waals surface area contributed by atoms with E-state index in [-0.39, 0.29) is 5.54 Å². The van der Waals surface area contributed by atoms with Gasteiger partial charge in [0, 0.05) is 19.1 Å². The second kappa shape index (κ2) is 6.50. The van der Waals surface area contributed by atoms with Crippen molar-refractivity contribution in [1.29, 1.82) is 0 Å². The van der Waals surface area contributed by atoms with Gasteiger partial charge in [0.2, 0.25) is 0 Å². The van der Waals surface area contributed by atoms with Crippen LogP contribution in [0.15, 0.2) is 30.3 Å². The van der Waals surface area contributed by atoms with Crippen LogP contribution in [0.2, 0.25) is 0 Å². The number of hydrogen-bond donors (Lipinski definition) is 1. The molecule has 1 saturated heterocycles. The van der Waals surface area contributed by atoms with Crippen LogP contribution in [-0.2, 0) is 5.54 Å². The predicted molar refractivity (Wildman–Crippen MR) is 91.5 cm³/mol. The van der Waals surface area contributed by atoms with E-state index >= 15 is 0 Å². The molecule has 2 nitrogen and oxygen atoms in total. The first-order chi connectivity index (χ1) is 9.85. The molecule has 1 aliphatic heterocycles. The minimum atomic E-state index is 0.109. The zero-order chi connectivity index (χ0) is 15.5. The molecular weight excluding hydrogens is 256 g/mol. The largest absolute Gasteiger partial charge is 0.311 e. The van der Waals surface area contributed by atoms with Crippen LogP contribution >= 0.6 is 0 Å². The number of benzene rings is 1. The van der Waals surface area contributed by atoms with Gasteiger partial charge in [-0.1, -0.05) is 58.0 Å². The van der Waals surface area contributed by atoms with E-state index in [0.717, 1.165) is 13.1 Å². The summed E-state index contributed by atoms with van der Waals surface area (Å²) >= 11 is 0. The third kappa shape index (κ3) is 4.08. The van der Waals surface area contributed by atoms with E-state index in [9.17, 15) is 0 Å². The van der Waals surface area contributed by atoms with Crippen LogP contribution in [0.4, 0.5) is 0 Å². The molecule has 0 spiro atoms. The summed E-state index contributed by atoms with van der Waals surface area (Å²) in [6.45, 7) is 15.1. The maximum atomic E-state index is 3.74. The van der Waals surface area contributed by atoms with Crippen molar-refractivity contribution >= 4 is 0 Å². The Balaban J connectivity index is 2.20. The third-order valence-corrected chi connectivity index (χ3v) is 4.89. The number of nitrogens with one attached hydrogen (secondary N) is 1. The first-order valence-electron chi connectivity index (χ1n) is 8.39. The number of rotatable bonds is 4. The summed E-state index contributed by atoms with van der Waals surface area (Å²) in [6, 6.07) is 11.6. The van der Waals surface area contributed by atoms with Crippen LogP contribution in [0.5, 0.6) is 0 Å². The SMILES string of the molecule is CCC1CN(CCC(C)(C)C)C(C)(c2ccccc2)CN1. The highest BCUT2D eigenvalue weighted by Gasteiger charge is 2.38. The van der Waals surface area contributed by atoms with Crippen LogP contribution in [0, 0.1) is 5.41 Å². The molecule has 0 aromatic heterocycles. The first-order valence-corrected chi connectivity index (χ1v) is 8.39. The van der Waals surface area contributed by atoms with E-state index in [0.29, 0.717) is 11.5 Å². The fourth-order valence-corrected chi connectivity index (χ4v) is 3.15. The number of nitrogens with zero attached hydrogens (tertiary/aromatic N) is 1.